The van der Waals surface area contributed by atoms with Gasteiger partial charge >= 0.3 is 0 Å². The molecule has 1 aromatic heterocycles. The second kappa shape index (κ2) is 5.54. The molecular weight excluding hydrogens is 258 g/mol. The van der Waals surface area contributed by atoms with Crippen LogP contribution in [-0.2, 0) is 0 Å². The van der Waals surface area contributed by atoms with E-state index in [9.17, 15) is 0 Å². The fourth-order valence-corrected chi connectivity index (χ4v) is 2.43. The molecule has 1 heterocycles. The SMILES string of the molecule is CN(C)c1ccc(C(N)c2cnc3ccccc3c2)cc1. The van der Waals surface area contributed by atoms with Gasteiger partial charge in [-0.1, -0.05) is 30.3 Å². The van der Waals surface area contributed by atoms with Gasteiger partial charge in [-0.3, -0.25) is 4.98 Å². The lowest BCUT2D eigenvalue weighted by Crippen LogP contribution is -2.13. The van der Waals surface area contributed by atoms with Gasteiger partial charge in [-0.05, 0) is 35.4 Å². The summed E-state index contributed by atoms with van der Waals surface area (Å²) < 4.78 is 0. The van der Waals surface area contributed by atoms with Crippen molar-refractivity contribution in [3.8, 4) is 0 Å². The Morgan fingerprint density at radius 2 is 1.67 bits per heavy atom. The van der Waals surface area contributed by atoms with Crippen molar-refractivity contribution in [1.29, 1.82) is 0 Å². The van der Waals surface area contributed by atoms with E-state index in [1.54, 1.807) is 0 Å². The number of hydrogen-bond acceptors (Lipinski definition) is 3. The summed E-state index contributed by atoms with van der Waals surface area (Å²) in [6, 6.07) is 18.4. The summed E-state index contributed by atoms with van der Waals surface area (Å²) in [6.07, 6.45) is 1.87. The lowest BCUT2D eigenvalue weighted by molar-refractivity contribution is 0.866. The molecule has 1 atom stereocenters. The Morgan fingerprint density at radius 1 is 0.952 bits per heavy atom. The quantitative estimate of drug-likeness (QED) is 0.798. The largest absolute Gasteiger partial charge is 0.378 e. The van der Waals surface area contributed by atoms with Gasteiger partial charge in [0.25, 0.3) is 0 Å². The van der Waals surface area contributed by atoms with E-state index in [1.165, 1.54) is 5.69 Å². The first-order chi connectivity index (χ1) is 10.1. The van der Waals surface area contributed by atoms with Crippen LogP contribution in [0.15, 0.2) is 60.8 Å². The second-order valence-electron chi connectivity index (χ2n) is 5.42. The molecule has 21 heavy (non-hydrogen) atoms. The molecule has 0 radical (unpaired) electrons. The van der Waals surface area contributed by atoms with E-state index in [2.05, 4.69) is 46.3 Å². The molecule has 0 aliphatic carbocycles. The fraction of sp³-hybridized carbons (Fsp3) is 0.167. The first kappa shape index (κ1) is 13.6. The van der Waals surface area contributed by atoms with Gasteiger partial charge in [-0.25, -0.2) is 0 Å². The van der Waals surface area contributed by atoms with Gasteiger partial charge in [-0.2, -0.15) is 0 Å². The van der Waals surface area contributed by atoms with E-state index >= 15 is 0 Å². The molecule has 0 bridgehead atoms. The average molecular weight is 277 g/mol. The van der Waals surface area contributed by atoms with Crippen molar-refractivity contribution in [2.24, 2.45) is 5.73 Å². The minimum absolute atomic E-state index is 0.154. The zero-order valence-corrected chi connectivity index (χ0v) is 12.3. The van der Waals surface area contributed by atoms with Crippen molar-refractivity contribution < 1.29 is 0 Å². The Labute approximate surface area is 125 Å². The van der Waals surface area contributed by atoms with Gasteiger partial charge < -0.3 is 10.6 Å². The van der Waals surface area contributed by atoms with Crippen LogP contribution in [0.5, 0.6) is 0 Å². The summed E-state index contributed by atoms with van der Waals surface area (Å²) in [5, 5.41) is 1.12. The molecule has 0 aliphatic heterocycles. The van der Waals surface area contributed by atoms with Crippen molar-refractivity contribution >= 4 is 16.6 Å². The Bertz CT molecular complexity index is 748. The number of aromatic nitrogens is 1. The molecule has 2 N–H and O–H groups in total. The fourth-order valence-electron chi connectivity index (χ4n) is 2.43. The Morgan fingerprint density at radius 3 is 2.38 bits per heavy atom. The summed E-state index contributed by atoms with van der Waals surface area (Å²) in [7, 11) is 4.06. The summed E-state index contributed by atoms with van der Waals surface area (Å²) in [4.78, 5) is 6.56. The Hall–Kier alpha value is -2.39. The second-order valence-corrected chi connectivity index (χ2v) is 5.42. The molecular formula is C18H19N3. The summed E-state index contributed by atoms with van der Waals surface area (Å²) in [6.45, 7) is 0. The molecule has 3 aromatic rings. The van der Waals surface area contributed by atoms with Crippen LogP contribution in [0.3, 0.4) is 0 Å². The molecule has 0 aliphatic rings. The third-order valence-corrected chi connectivity index (χ3v) is 3.74. The van der Waals surface area contributed by atoms with E-state index in [-0.39, 0.29) is 6.04 Å². The summed E-state index contributed by atoms with van der Waals surface area (Å²) >= 11 is 0. The number of hydrogen-bond donors (Lipinski definition) is 1. The maximum atomic E-state index is 6.38. The van der Waals surface area contributed by atoms with E-state index in [0.29, 0.717) is 0 Å². The smallest absolute Gasteiger partial charge is 0.0702 e. The van der Waals surface area contributed by atoms with E-state index < -0.39 is 0 Å². The standard InChI is InChI=1S/C18H19N3/c1-21(2)16-9-7-13(8-10-16)18(19)15-11-14-5-3-4-6-17(14)20-12-15/h3-12,18H,19H2,1-2H3. The van der Waals surface area contributed by atoms with Crippen LogP contribution in [0.4, 0.5) is 5.69 Å². The predicted molar refractivity (Wildman–Crippen MR) is 88.5 cm³/mol. The molecule has 106 valence electrons. The van der Waals surface area contributed by atoms with Gasteiger partial charge in [0.2, 0.25) is 0 Å². The number of rotatable bonds is 3. The van der Waals surface area contributed by atoms with Crippen LogP contribution in [-0.4, -0.2) is 19.1 Å². The number of benzene rings is 2. The van der Waals surface area contributed by atoms with Crippen LogP contribution in [0.1, 0.15) is 17.2 Å². The Kier molecular flexibility index (Phi) is 3.59. The molecule has 3 rings (SSSR count). The highest BCUT2D eigenvalue weighted by atomic mass is 15.1. The molecule has 3 nitrogen and oxygen atoms in total. The van der Waals surface area contributed by atoms with Crippen LogP contribution in [0.25, 0.3) is 10.9 Å². The molecule has 0 spiro atoms. The number of anilines is 1. The number of nitrogens with zero attached hydrogens (tertiary/aromatic N) is 2. The zero-order valence-electron chi connectivity index (χ0n) is 12.3. The maximum Gasteiger partial charge on any atom is 0.0702 e. The highest BCUT2D eigenvalue weighted by Crippen LogP contribution is 2.24. The third kappa shape index (κ3) is 2.73. The monoisotopic (exact) mass is 277 g/mol. The number of nitrogens with two attached hydrogens (primary N) is 1. The van der Waals surface area contributed by atoms with Crippen molar-refractivity contribution in [1.82, 2.24) is 4.98 Å². The number of pyridine rings is 1. The molecule has 0 amide bonds. The first-order valence-corrected chi connectivity index (χ1v) is 7.03. The highest BCUT2D eigenvalue weighted by molar-refractivity contribution is 5.79. The number of fused-ring (bicyclic) bond motifs is 1. The van der Waals surface area contributed by atoms with Gasteiger partial charge in [0.1, 0.15) is 0 Å². The minimum atomic E-state index is -0.154. The van der Waals surface area contributed by atoms with Gasteiger partial charge in [0.05, 0.1) is 11.6 Å². The van der Waals surface area contributed by atoms with Crippen LogP contribution in [0.2, 0.25) is 0 Å². The van der Waals surface area contributed by atoms with Gasteiger partial charge in [0, 0.05) is 31.4 Å². The normalized spacial score (nSPS) is 12.3. The number of para-hydroxylation sites is 1. The van der Waals surface area contributed by atoms with Crippen LogP contribution in [0, 0.1) is 0 Å². The topological polar surface area (TPSA) is 42.1 Å². The average Bonchev–Trinajstić information content (AvgIpc) is 2.54. The van der Waals surface area contributed by atoms with Crippen LogP contribution < -0.4 is 10.6 Å². The van der Waals surface area contributed by atoms with E-state index in [1.807, 2.05) is 38.5 Å². The molecule has 0 fully saturated rings. The summed E-state index contributed by atoms with van der Waals surface area (Å²) in [5.74, 6) is 0. The molecule has 0 saturated carbocycles. The molecule has 0 saturated heterocycles. The maximum absolute atomic E-state index is 6.38. The van der Waals surface area contributed by atoms with Gasteiger partial charge in [0.15, 0.2) is 0 Å². The summed E-state index contributed by atoms with van der Waals surface area (Å²) in [5.41, 5.74) is 10.7. The predicted octanol–water partition coefficient (Wildman–Crippen LogP) is 3.35. The Balaban J connectivity index is 1.93. The molecule has 1 unspecified atom stereocenters. The van der Waals surface area contributed by atoms with Crippen molar-refractivity contribution in [2.75, 3.05) is 19.0 Å². The van der Waals surface area contributed by atoms with Crippen molar-refractivity contribution in [3.05, 3.63) is 71.9 Å². The van der Waals surface area contributed by atoms with E-state index in [4.69, 9.17) is 5.73 Å². The molecule has 3 heteroatoms. The first-order valence-electron chi connectivity index (χ1n) is 7.03. The minimum Gasteiger partial charge on any atom is -0.378 e. The molecule has 2 aromatic carbocycles. The van der Waals surface area contributed by atoms with Crippen molar-refractivity contribution in [2.45, 2.75) is 6.04 Å². The van der Waals surface area contributed by atoms with Gasteiger partial charge in [-0.15, -0.1) is 0 Å². The highest BCUT2D eigenvalue weighted by Gasteiger charge is 2.10. The van der Waals surface area contributed by atoms with Crippen LogP contribution >= 0.6 is 0 Å². The lowest BCUT2D eigenvalue weighted by Gasteiger charge is -2.16. The third-order valence-electron chi connectivity index (χ3n) is 3.74. The van der Waals surface area contributed by atoms with E-state index in [0.717, 1.165) is 22.0 Å². The zero-order chi connectivity index (χ0) is 14.8. The van der Waals surface area contributed by atoms with Crippen molar-refractivity contribution in [3.63, 3.8) is 0 Å². The lowest BCUT2D eigenvalue weighted by atomic mass is 9.99.